The van der Waals surface area contributed by atoms with Gasteiger partial charge in [0.2, 0.25) is 0 Å². The highest BCUT2D eigenvalue weighted by Crippen LogP contribution is 2.28. The van der Waals surface area contributed by atoms with Gasteiger partial charge in [-0.1, -0.05) is 13.8 Å². The summed E-state index contributed by atoms with van der Waals surface area (Å²) in [6.45, 7) is 4.54. The van der Waals surface area contributed by atoms with E-state index in [2.05, 4.69) is 0 Å². The molecular weight excluding hydrogens is 227 g/mol. The quantitative estimate of drug-likeness (QED) is 0.845. The van der Waals surface area contributed by atoms with Gasteiger partial charge in [-0.05, 0) is 31.2 Å². The molecule has 1 aromatic rings. The molecule has 0 unspecified atom stereocenters. The Kier molecular flexibility index (Phi) is 4.57. The van der Waals surface area contributed by atoms with Crippen LogP contribution < -0.4 is 5.73 Å². The summed E-state index contributed by atoms with van der Waals surface area (Å²) in [4.78, 5) is 0. The highest BCUT2D eigenvalue weighted by molar-refractivity contribution is 5.21. The van der Waals surface area contributed by atoms with Gasteiger partial charge in [0.1, 0.15) is 17.5 Å². The molecule has 96 valence electrons. The molecule has 0 saturated carbocycles. The maximum absolute atomic E-state index is 13.4. The van der Waals surface area contributed by atoms with Crippen molar-refractivity contribution in [1.82, 2.24) is 0 Å². The molecule has 0 atom stereocenters. The fourth-order valence-electron chi connectivity index (χ4n) is 1.79. The van der Waals surface area contributed by atoms with Crippen LogP contribution in [0.5, 0.6) is 0 Å². The lowest BCUT2D eigenvalue weighted by molar-refractivity contribution is 0.310. The molecule has 0 heterocycles. The molecule has 0 saturated heterocycles. The molecule has 0 aromatic heterocycles. The van der Waals surface area contributed by atoms with Crippen molar-refractivity contribution >= 4 is 0 Å². The summed E-state index contributed by atoms with van der Waals surface area (Å²) in [6, 6.07) is 1.43. The molecule has 0 fully saturated rings. The Morgan fingerprint density at radius 1 is 1.06 bits per heavy atom. The number of halogens is 3. The number of hydrogen-bond donors (Lipinski definition) is 1. The standard InChI is InChI=1S/C13H18F3N/c1-13(2,5-6-17)4-3-10-11(15)7-9(14)8-12(10)16/h7-8H,3-6,17H2,1-2H3. The molecule has 0 amide bonds. The summed E-state index contributed by atoms with van der Waals surface area (Å²) in [5.74, 6) is -2.51. The van der Waals surface area contributed by atoms with Crippen molar-refractivity contribution in [3.8, 4) is 0 Å². The number of hydrogen-bond acceptors (Lipinski definition) is 1. The van der Waals surface area contributed by atoms with Gasteiger partial charge in [0.15, 0.2) is 0 Å². The van der Waals surface area contributed by atoms with E-state index in [1.54, 1.807) is 0 Å². The third-order valence-electron chi connectivity index (χ3n) is 2.98. The minimum Gasteiger partial charge on any atom is -0.330 e. The normalized spacial score (nSPS) is 11.9. The zero-order chi connectivity index (χ0) is 13.1. The number of rotatable bonds is 5. The van der Waals surface area contributed by atoms with Gasteiger partial charge in [-0.3, -0.25) is 0 Å². The van der Waals surface area contributed by atoms with Gasteiger partial charge in [0.05, 0.1) is 0 Å². The highest BCUT2D eigenvalue weighted by Gasteiger charge is 2.19. The van der Waals surface area contributed by atoms with Gasteiger partial charge in [-0.15, -0.1) is 0 Å². The second kappa shape index (κ2) is 5.54. The lowest BCUT2D eigenvalue weighted by Gasteiger charge is -2.23. The van der Waals surface area contributed by atoms with Crippen LogP contribution in [0.2, 0.25) is 0 Å². The minimum atomic E-state index is -0.884. The average Bonchev–Trinajstić information content (AvgIpc) is 2.15. The summed E-state index contributed by atoms with van der Waals surface area (Å²) in [5.41, 5.74) is 5.35. The highest BCUT2D eigenvalue weighted by atomic mass is 19.1. The van der Waals surface area contributed by atoms with Crippen molar-refractivity contribution < 1.29 is 13.2 Å². The maximum atomic E-state index is 13.4. The van der Waals surface area contributed by atoms with Crippen LogP contribution in [0.3, 0.4) is 0 Å². The van der Waals surface area contributed by atoms with Crippen LogP contribution in [0.4, 0.5) is 13.2 Å². The molecule has 1 nitrogen and oxygen atoms in total. The van der Waals surface area contributed by atoms with Crippen LogP contribution in [0.25, 0.3) is 0 Å². The molecular formula is C13H18F3N. The molecule has 1 rings (SSSR count). The Labute approximate surface area is 99.8 Å². The van der Waals surface area contributed by atoms with Crippen molar-refractivity contribution in [1.29, 1.82) is 0 Å². The Hall–Kier alpha value is -1.03. The zero-order valence-electron chi connectivity index (χ0n) is 10.2. The van der Waals surface area contributed by atoms with Crippen molar-refractivity contribution in [3.63, 3.8) is 0 Å². The van der Waals surface area contributed by atoms with Crippen LogP contribution >= 0.6 is 0 Å². The fourth-order valence-corrected chi connectivity index (χ4v) is 1.79. The van der Waals surface area contributed by atoms with Crippen molar-refractivity contribution in [2.75, 3.05) is 6.54 Å². The number of benzene rings is 1. The van der Waals surface area contributed by atoms with Crippen LogP contribution in [0.1, 0.15) is 32.3 Å². The average molecular weight is 245 g/mol. The van der Waals surface area contributed by atoms with Gasteiger partial charge in [-0.25, -0.2) is 13.2 Å². The fraction of sp³-hybridized carbons (Fsp3) is 0.538. The van der Waals surface area contributed by atoms with Gasteiger partial charge in [0, 0.05) is 17.7 Å². The van der Waals surface area contributed by atoms with E-state index in [0.717, 1.165) is 6.42 Å². The Morgan fingerprint density at radius 3 is 2.06 bits per heavy atom. The SMILES string of the molecule is CC(C)(CCN)CCc1c(F)cc(F)cc1F. The molecule has 0 bridgehead atoms. The third kappa shape index (κ3) is 4.04. The van der Waals surface area contributed by atoms with E-state index in [1.807, 2.05) is 13.8 Å². The first-order chi connectivity index (χ1) is 7.85. The molecule has 4 heteroatoms. The van der Waals surface area contributed by atoms with E-state index in [-0.39, 0.29) is 17.4 Å². The second-order valence-electron chi connectivity index (χ2n) is 5.05. The summed E-state index contributed by atoms with van der Waals surface area (Å²) in [5, 5.41) is 0. The summed E-state index contributed by atoms with van der Waals surface area (Å²) < 4.78 is 39.4. The topological polar surface area (TPSA) is 26.0 Å². The van der Waals surface area contributed by atoms with E-state index in [0.29, 0.717) is 25.1 Å². The Balaban J connectivity index is 2.76. The molecule has 0 aliphatic rings. The summed E-state index contributed by atoms with van der Waals surface area (Å²) >= 11 is 0. The summed E-state index contributed by atoms with van der Waals surface area (Å²) in [7, 11) is 0. The second-order valence-corrected chi connectivity index (χ2v) is 5.05. The number of nitrogens with two attached hydrogens (primary N) is 1. The monoisotopic (exact) mass is 245 g/mol. The minimum absolute atomic E-state index is 0.0449. The zero-order valence-corrected chi connectivity index (χ0v) is 10.2. The largest absolute Gasteiger partial charge is 0.330 e. The van der Waals surface area contributed by atoms with Crippen LogP contribution in [-0.2, 0) is 6.42 Å². The van der Waals surface area contributed by atoms with Crippen LogP contribution in [0.15, 0.2) is 12.1 Å². The van der Waals surface area contributed by atoms with Crippen LogP contribution in [-0.4, -0.2) is 6.54 Å². The first-order valence-corrected chi connectivity index (χ1v) is 5.69. The first kappa shape index (κ1) is 14.0. The molecule has 0 spiro atoms. The lowest BCUT2D eigenvalue weighted by atomic mass is 9.83. The molecule has 0 radical (unpaired) electrons. The van der Waals surface area contributed by atoms with Crippen molar-refractivity contribution in [3.05, 3.63) is 35.1 Å². The molecule has 1 aromatic carbocycles. The van der Waals surface area contributed by atoms with E-state index < -0.39 is 17.5 Å². The van der Waals surface area contributed by atoms with Gasteiger partial charge >= 0.3 is 0 Å². The van der Waals surface area contributed by atoms with Crippen molar-refractivity contribution in [2.24, 2.45) is 11.1 Å². The first-order valence-electron chi connectivity index (χ1n) is 5.69. The molecule has 2 N–H and O–H groups in total. The Bertz CT molecular complexity index is 365. The van der Waals surface area contributed by atoms with E-state index in [9.17, 15) is 13.2 Å². The van der Waals surface area contributed by atoms with E-state index >= 15 is 0 Å². The van der Waals surface area contributed by atoms with E-state index in [4.69, 9.17) is 5.73 Å². The molecule has 0 aliphatic carbocycles. The van der Waals surface area contributed by atoms with Gasteiger partial charge < -0.3 is 5.73 Å². The summed E-state index contributed by atoms with van der Waals surface area (Å²) in [6.07, 6.45) is 1.66. The smallest absolute Gasteiger partial charge is 0.132 e. The predicted molar refractivity (Wildman–Crippen MR) is 62.1 cm³/mol. The lowest BCUT2D eigenvalue weighted by Crippen LogP contribution is -2.18. The Morgan fingerprint density at radius 2 is 1.59 bits per heavy atom. The van der Waals surface area contributed by atoms with Gasteiger partial charge in [-0.2, -0.15) is 0 Å². The molecule has 17 heavy (non-hydrogen) atoms. The maximum Gasteiger partial charge on any atom is 0.132 e. The van der Waals surface area contributed by atoms with Gasteiger partial charge in [0.25, 0.3) is 0 Å². The van der Waals surface area contributed by atoms with E-state index in [1.165, 1.54) is 0 Å². The molecule has 0 aliphatic heterocycles. The predicted octanol–water partition coefficient (Wildman–Crippen LogP) is 3.41. The third-order valence-corrected chi connectivity index (χ3v) is 2.98. The van der Waals surface area contributed by atoms with Crippen molar-refractivity contribution in [2.45, 2.75) is 33.1 Å². The van der Waals surface area contributed by atoms with Crippen LogP contribution in [0, 0.1) is 22.9 Å².